The monoisotopic (exact) mass is 386 g/mol. The predicted molar refractivity (Wildman–Crippen MR) is 115 cm³/mol. The highest BCUT2D eigenvalue weighted by Crippen LogP contribution is 2.66. The normalized spacial score (nSPS) is 43.6. The molecule has 0 aromatic heterocycles. The molecule has 0 aromatic carbocycles. The van der Waals surface area contributed by atoms with Crippen LogP contribution < -0.4 is 0 Å². The maximum atomic E-state index is 11.8. The van der Waals surface area contributed by atoms with E-state index >= 15 is 0 Å². The number of fused-ring (bicyclic) bond motifs is 5. The molecule has 2 heteroatoms. The number of hydrogen-bond acceptors (Lipinski definition) is 2. The molecule has 2 saturated carbocycles. The minimum Gasteiger partial charge on any atom is -0.431 e. The van der Waals surface area contributed by atoms with Crippen molar-refractivity contribution in [1.82, 2.24) is 0 Å². The van der Waals surface area contributed by atoms with Gasteiger partial charge in [0.15, 0.2) is 0 Å². The van der Waals surface area contributed by atoms with Crippen molar-refractivity contribution in [1.29, 1.82) is 0 Å². The van der Waals surface area contributed by atoms with Crippen LogP contribution in [0.25, 0.3) is 0 Å². The molecule has 0 amide bonds. The van der Waals surface area contributed by atoms with Crippen molar-refractivity contribution in [2.24, 2.45) is 46.3 Å². The summed E-state index contributed by atoms with van der Waals surface area (Å²) >= 11 is 0. The third kappa shape index (κ3) is 3.27. The van der Waals surface area contributed by atoms with Gasteiger partial charge in [0.25, 0.3) is 0 Å². The van der Waals surface area contributed by atoms with Gasteiger partial charge in [0, 0.05) is 11.8 Å². The van der Waals surface area contributed by atoms with Crippen molar-refractivity contribution < 1.29 is 9.53 Å². The lowest BCUT2D eigenvalue weighted by Crippen LogP contribution is -2.51. The average Bonchev–Trinajstić information content (AvgIpc) is 2.99. The summed E-state index contributed by atoms with van der Waals surface area (Å²) in [5.74, 6) is 6.01. The van der Waals surface area contributed by atoms with E-state index in [0.717, 1.165) is 48.2 Å². The van der Waals surface area contributed by atoms with E-state index in [-0.39, 0.29) is 11.4 Å². The predicted octanol–water partition coefficient (Wildman–Crippen LogP) is 7.14. The summed E-state index contributed by atoms with van der Waals surface area (Å²) in [5.41, 5.74) is 0.643. The standard InChI is InChI=1S/C26H42O2/c1-17(2)7-6-8-18(3)20-10-11-21-19-9-12-23-26(5,16-14-24(27)28-23)22(19)13-15-25(20,21)4/h12,17-22H,6-11,13-16H2,1-5H3. The van der Waals surface area contributed by atoms with Gasteiger partial charge in [0.05, 0.1) is 0 Å². The highest BCUT2D eigenvalue weighted by atomic mass is 16.5. The number of carbonyl (C=O) groups is 1. The Morgan fingerprint density at radius 1 is 1.07 bits per heavy atom. The fourth-order valence-electron chi connectivity index (χ4n) is 8.09. The molecule has 158 valence electrons. The van der Waals surface area contributed by atoms with Crippen LogP contribution in [0.2, 0.25) is 0 Å². The zero-order chi connectivity index (χ0) is 20.1. The molecule has 1 aliphatic heterocycles. The number of rotatable bonds is 5. The molecule has 0 aromatic rings. The van der Waals surface area contributed by atoms with Crippen LogP contribution in [-0.2, 0) is 9.53 Å². The van der Waals surface area contributed by atoms with Crippen molar-refractivity contribution in [2.75, 3.05) is 0 Å². The van der Waals surface area contributed by atoms with E-state index in [0.29, 0.717) is 17.8 Å². The average molecular weight is 387 g/mol. The first kappa shape index (κ1) is 20.5. The molecule has 7 unspecified atom stereocenters. The Balaban J connectivity index is 1.50. The van der Waals surface area contributed by atoms with Gasteiger partial charge >= 0.3 is 5.97 Å². The summed E-state index contributed by atoms with van der Waals surface area (Å²) in [5, 5.41) is 0. The van der Waals surface area contributed by atoms with Gasteiger partial charge in [0.1, 0.15) is 5.76 Å². The van der Waals surface area contributed by atoms with Crippen molar-refractivity contribution >= 4 is 5.97 Å². The largest absolute Gasteiger partial charge is 0.431 e. The minimum atomic E-state index is -0.0148. The molecule has 4 rings (SSSR count). The van der Waals surface area contributed by atoms with Crippen LogP contribution in [0.4, 0.5) is 0 Å². The molecule has 7 atom stereocenters. The van der Waals surface area contributed by atoms with E-state index in [1.165, 1.54) is 44.9 Å². The van der Waals surface area contributed by atoms with E-state index in [4.69, 9.17) is 4.74 Å². The van der Waals surface area contributed by atoms with Gasteiger partial charge in [-0.15, -0.1) is 0 Å². The second kappa shape index (κ2) is 7.47. The van der Waals surface area contributed by atoms with E-state index in [2.05, 4.69) is 40.7 Å². The van der Waals surface area contributed by atoms with E-state index < -0.39 is 0 Å². The SMILES string of the molecule is CC(C)CCCC(C)C1CCC2C3CC=C4OC(=O)CCC4(C)C3CCC12C. The summed E-state index contributed by atoms with van der Waals surface area (Å²) in [6.45, 7) is 12.3. The molecule has 1 saturated heterocycles. The Bertz CT molecular complexity index is 634. The number of carbonyl (C=O) groups excluding carboxylic acids is 1. The highest BCUT2D eigenvalue weighted by Gasteiger charge is 2.59. The Kier molecular flexibility index (Phi) is 5.47. The van der Waals surface area contributed by atoms with Gasteiger partial charge in [-0.05, 0) is 85.5 Å². The fraction of sp³-hybridized carbons (Fsp3) is 0.885. The van der Waals surface area contributed by atoms with Crippen LogP contribution in [0.3, 0.4) is 0 Å². The van der Waals surface area contributed by atoms with Crippen LogP contribution in [0.1, 0.15) is 98.8 Å². The van der Waals surface area contributed by atoms with Gasteiger partial charge in [-0.25, -0.2) is 0 Å². The Morgan fingerprint density at radius 3 is 2.61 bits per heavy atom. The summed E-state index contributed by atoms with van der Waals surface area (Å²) in [4.78, 5) is 11.8. The zero-order valence-corrected chi connectivity index (χ0v) is 18.9. The topological polar surface area (TPSA) is 26.3 Å². The number of allylic oxidation sites excluding steroid dienone is 2. The number of hydrogen-bond donors (Lipinski definition) is 0. The van der Waals surface area contributed by atoms with Gasteiger partial charge in [-0.2, -0.15) is 0 Å². The summed E-state index contributed by atoms with van der Waals surface area (Å²) in [6, 6.07) is 0. The zero-order valence-electron chi connectivity index (χ0n) is 18.9. The molecule has 0 spiro atoms. The Labute approximate surface area is 172 Å². The van der Waals surface area contributed by atoms with Gasteiger partial charge in [0.2, 0.25) is 0 Å². The lowest BCUT2D eigenvalue weighted by atomic mass is 9.49. The van der Waals surface area contributed by atoms with E-state index in [9.17, 15) is 4.79 Å². The second-order valence-corrected chi connectivity index (χ2v) is 11.6. The van der Waals surface area contributed by atoms with E-state index in [1.807, 2.05) is 0 Å². The first-order chi connectivity index (χ1) is 13.3. The summed E-state index contributed by atoms with van der Waals surface area (Å²) in [7, 11) is 0. The highest BCUT2D eigenvalue weighted by molar-refractivity contribution is 5.72. The van der Waals surface area contributed by atoms with Crippen LogP contribution >= 0.6 is 0 Å². The van der Waals surface area contributed by atoms with Crippen molar-refractivity contribution in [3.8, 4) is 0 Å². The van der Waals surface area contributed by atoms with Crippen LogP contribution in [0.5, 0.6) is 0 Å². The molecule has 1 heterocycles. The van der Waals surface area contributed by atoms with Crippen molar-refractivity contribution in [3.63, 3.8) is 0 Å². The Morgan fingerprint density at radius 2 is 1.86 bits per heavy atom. The second-order valence-electron chi connectivity index (χ2n) is 11.6. The molecule has 3 fully saturated rings. The molecule has 0 N–H and O–H groups in total. The number of esters is 1. The lowest BCUT2D eigenvalue weighted by molar-refractivity contribution is -0.152. The lowest BCUT2D eigenvalue weighted by Gasteiger charge is -2.57. The maximum Gasteiger partial charge on any atom is 0.310 e. The molecule has 3 aliphatic carbocycles. The summed E-state index contributed by atoms with van der Waals surface area (Å²) in [6.07, 6.45) is 14.8. The molecular formula is C26H42O2. The smallest absolute Gasteiger partial charge is 0.310 e. The van der Waals surface area contributed by atoms with Crippen molar-refractivity contribution in [3.05, 3.63) is 11.8 Å². The van der Waals surface area contributed by atoms with Crippen LogP contribution in [-0.4, -0.2) is 5.97 Å². The molecular weight excluding hydrogens is 344 g/mol. The summed E-state index contributed by atoms with van der Waals surface area (Å²) < 4.78 is 5.72. The molecule has 28 heavy (non-hydrogen) atoms. The molecule has 4 aliphatic rings. The quantitative estimate of drug-likeness (QED) is 0.469. The third-order valence-electron chi connectivity index (χ3n) is 9.67. The fourth-order valence-corrected chi connectivity index (χ4v) is 8.09. The minimum absolute atomic E-state index is 0.0148. The van der Waals surface area contributed by atoms with Crippen molar-refractivity contribution in [2.45, 2.75) is 98.8 Å². The molecule has 2 nitrogen and oxygen atoms in total. The van der Waals surface area contributed by atoms with Gasteiger partial charge < -0.3 is 4.74 Å². The first-order valence-electron chi connectivity index (χ1n) is 12.2. The maximum absolute atomic E-state index is 11.8. The Hall–Kier alpha value is -0.790. The van der Waals surface area contributed by atoms with Gasteiger partial charge in [-0.1, -0.05) is 53.9 Å². The molecule has 0 radical (unpaired) electrons. The van der Waals surface area contributed by atoms with Crippen LogP contribution in [0, 0.1) is 46.3 Å². The van der Waals surface area contributed by atoms with Crippen LogP contribution in [0.15, 0.2) is 11.8 Å². The van der Waals surface area contributed by atoms with Gasteiger partial charge in [-0.3, -0.25) is 4.79 Å². The third-order valence-corrected chi connectivity index (χ3v) is 9.67. The number of ether oxygens (including phenoxy) is 1. The first-order valence-corrected chi connectivity index (χ1v) is 12.2. The molecule has 0 bridgehead atoms. The van der Waals surface area contributed by atoms with E-state index in [1.54, 1.807) is 0 Å².